The molecule has 0 saturated heterocycles. The fraction of sp³-hybridized carbons (Fsp3) is 0.167. The molecule has 1 aromatic carbocycles. The van der Waals surface area contributed by atoms with Gasteiger partial charge in [0, 0.05) is 11.8 Å². The molecule has 94 valence electrons. The Morgan fingerprint density at radius 1 is 1.28 bits per heavy atom. The minimum absolute atomic E-state index is 0.0841. The molecule has 1 aromatic heterocycles. The molecule has 0 saturated carbocycles. The highest BCUT2D eigenvalue weighted by atomic mass is 35.5. The number of hydrogen-bond donors (Lipinski definition) is 1. The van der Waals surface area contributed by atoms with E-state index in [2.05, 4.69) is 15.5 Å². The van der Waals surface area contributed by atoms with Crippen LogP contribution in [0.2, 0.25) is 5.02 Å². The third-order valence-corrected chi connectivity index (χ3v) is 2.59. The van der Waals surface area contributed by atoms with Crippen molar-refractivity contribution in [3.05, 3.63) is 46.9 Å². The molecule has 0 amide bonds. The molecule has 1 heterocycles. The van der Waals surface area contributed by atoms with E-state index >= 15 is 0 Å². The smallest absolute Gasteiger partial charge is 0.233 e. The van der Waals surface area contributed by atoms with Gasteiger partial charge in [-0.3, -0.25) is 0 Å². The first-order chi connectivity index (χ1) is 8.69. The number of anilines is 1. The summed E-state index contributed by atoms with van der Waals surface area (Å²) < 4.78 is 17.9. The maximum atomic E-state index is 12.9. The molecule has 2 rings (SSSR count). The standard InChI is InChI=1S/C12H11ClFN3O/c1-18-12-5-3-9(16-17-12)7-15-8-2-4-11(14)10(13)6-8/h2-6,15H,7H2,1H3. The molecule has 0 fully saturated rings. The van der Waals surface area contributed by atoms with Crippen molar-refractivity contribution in [2.24, 2.45) is 0 Å². The molecule has 0 aliphatic rings. The monoisotopic (exact) mass is 267 g/mol. The van der Waals surface area contributed by atoms with Crippen molar-refractivity contribution in [2.45, 2.75) is 6.54 Å². The SMILES string of the molecule is COc1ccc(CNc2ccc(F)c(Cl)c2)nn1. The van der Waals surface area contributed by atoms with E-state index in [-0.39, 0.29) is 5.02 Å². The largest absolute Gasteiger partial charge is 0.480 e. The average Bonchev–Trinajstić information content (AvgIpc) is 2.41. The van der Waals surface area contributed by atoms with Crippen molar-refractivity contribution in [1.29, 1.82) is 0 Å². The minimum atomic E-state index is -0.438. The van der Waals surface area contributed by atoms with Crippen LogP contribution in [0.4, 0.5) is 10.1 Å². The number of nitrogens with one attached hydrogen (secondary N) is 1. The summed E-state index contributed by atoms with van der Waals surface area (Å²) in [6.45, 7) is 0.471. The number of benzene rings is 1. The van der Waals surface area contributed by atoms with Gasteiger partial charge >= 0.3 is 0 Å². The second-order valence-electron chi connectivity index (χ2n) is 3.55. The lowest BCUT2D eigenvalue weighted by molar-refractivity contribution is 0.391. The Labute approximate surface area is 109 Å². The molecule has 6 heteroatoms. The molecule has 0 radical (unpaired) electrons. The molecule has 18 heavy (non-hydrogen) atoms. The molecule has 0 aliphatic carbocycles. The van der Waals surface area contributed by atoms with Gasteiger partial charge < -0.3 is 10.1 Å². The van der Waals surface area contributed by atoms with E-state index < -0.39 is 5.82 Å². The number of ether oxygens (including phenoxy) is 1. The molecule has 0 aliphatic heterocycles. The lowest BCUT2D eigenvalue weighted by Crippen LogP contribution is -2.03. The molecule has 0 spiro atoms. The van der Waals surface area contributed by atoms with E-state index in [9.17, 15) is 4.39 Å². The van der Waals surface area contributed by atoms with Crippen molar-refractivity contribution in [2.75, 3.05) is 12.4 Å². The maximum Gasteiger partial charge on any atom is 0.233 e. The molecule has 2 aromatic rings. The topological polar surface area (TPSA) is 47.0 Å². The van der Waals surface area contributed by atoms with Crippen LogP contribution in [-0.2, 0) is 6.54 Å². The van der Waals surface area contributed by atoms with E-state index in [1.807, 2.05) is 0 Å². The zero-order valence-corrected chi connectivity index (χ0v) is 10.4. The summed E-state index contributed by atoms with van der Waals surface area (Å²) >= 11 is 5.68. The van der Waals surface area contributed by atoms with E-state index in [4.69, 9.17) is 16.3 Å². The number of rotatable bonds is 4. The first-order valence-electron chi connectivity index (χ1n) is 5.24. The predicted octanol–water partition coefficient (Wildman–Crippen LogP) is 2.89. The van der Waals surface area contributed by atoms with Crippen LogP contribution in [0.1, 0.15) is 5.69 Å². The Bertz CT molecular complexity index is 533. The molecule has 0 bridgehead atoms. The summed E-state index contributed by atoms with van der Waals surface area (Å²) in [7, 11) is 1.53. The van der Waals surface area contributed by atoms with Crippen LogP contribution in [0.15, 0.2) is 30.3 Å². The number of methoxy groups -OCH3 is 1. The van der Waals surface area contributed by atoms with Crippen molar-refractivity contribution in [1.82, 2.24) is 10.2 Å². The van der Waals surface area contributed by atoms with Gasteiger partial charge in [0.05, 0.1) is 24.4 Å². The summed E-state index contributed by atoms with van der Waals surface area (Å²) in [4.78, 5) is 0. The normalized spacial score (nSPS) is 10.2. The fourth-order valence-electron chi connectivity index (χ4n) is 1.35. The Balaban J connectivity index is 1.99. The number of nitrogens with zero attached hydrogens (tertiary/aromatic N) is 2. The van der Waals surface area contributed by atoms with Crippen LogP contribution in [0.3, 0.4) is 0 Å². The minimum Gasteiger partial charge on any atom is -0.480 e. The first-order valence-corrected chi connectivity index (χ1v) is 5.62. The van der Waals surface area contributed by atoms with E-state index in [1.165, 1.54) is 19.2 Å². The molecule has 0 unspecified atom stereocenters. The Kier molecular flexibility index (Phi) is 3.94. The lowest BCUT2D eigenvalue weighted by atomic mass is 10.3. The number of halogens is 2. The zero-order valence-electron chi connectivity index (χ0n) is 9.65. The van der Waals surface area contributed by atoms with Crippen LogP contribution < -0.4 is 10.1 Å². The summed E-state index contributed by atoms with van der Waals surface area (Å²) in [5, 5.41) is 11.0. The molecular weight excluding hydrogens is 257 g/mol. The highest BCUT2D eigenvalue weighted by Gasteiger charge is 2.02. The van der Waals surface area contributed by atoms with Crippen LogP contribution in [0, 0.1) is 5.82 Å². The molecule has 4 nitrogen and oxygen atoms in total. The van der Waals surface area contributed by atoms with Crippen molar-refractivity contribution in [3.8, 4) is 5.88 Å². The van der Waals surface area contributed by atoms with Crippen molar-refractivity contribution in [3.63, 3.8) is 0 Å². The fourth-order valence-corrected chi connectivity index (χ4v) is 1.53. The average molecular weight is 268 g/mol. The zero-order chi connectivity index (χ0) is 13.0. The summed E-state index contributed by atoms with van der Waals surface area (Å²) in [6.07, 6.45) is 0. The number of aromatic nitrogens is 2. The summed E-state index contributed by atoms with van der Waals surface area (Å²) in [6, 6.07) is 7.96. The van der Waals surface area contributed by atoms with Crippen LogP contribution >= 0.6 is 11.6 Å². The third-order valence-electron chi connectivity index (χ3n) is 2.30. The van der Waals surface area contributed by atoms with Crippen LogP contribution in [0.5, 0.6) is 5.88 Å². The lowest BCUT2D eigenvalue weighted by Gasteiger charge is -2.06. The van der Waals surface area contributed by atoms with Gasteiger partial charge in [-0.15, -0.1) is 5.10 Å². The molecule has 1 N–H and O–H groups in total. The second kappa shape index (κ2) is 5.64. The third kappa shape index (κ3) is 3.07. The van der Waals surface area contributed by atoms with Crippen molar-refractivity contribution < 1.29 is 9.13 Å². The van der Waals surface area contributed by atoms with Crippen LogP contribution in [-0.4, -0.2) is 17.3 Å². The summed E-state index contributed by atoms with van der Waals surface area (Å²) in [5.74, 6) is 0.0232. The van der Waals surface area contributed by atoms with Gasteiger partial charge in [0.15, 0.2) is 0 Å². The maximum absolute atomic E-state index is 12.9. The second-order valence-corrected chi connectivity index (χ2v) is 3.96. The Morgan fingerprint density at radius 2 is 2.11 bits per heavy atom. The highest BCUT2D eigenvalue weighted by molar-refractivity contribution is 6.31. The summed E-state index contributed by atoms with van der Waals surface area (Å²) in [5.41, 5.74) is 1.47. The van der Waals surface area contributed by atoms with Gasteiger partial charge in [0.2, 0.25) is 5.88 Å². The van der Waals surface area contributed by atoms with Gasteiger partial charge in [0.25, 0.3) is 0 Å². The molecular formula is C12H11ClFN3O. The van der Waals surface area contributed by atoms with Gasteiger partial charge in [0.1, 0.15) is 5.82 Å². The van der Waals surface area contributed by atoms with Gasteiger partial charge in [-0.1, -0.05) is 11.6 Å². The quantitative estimate of drug-likeness (QED) is 0.925. The predicted molar refractivity (Wildman–Crippen MR) is 67.3 cm³/mol. The first kappa shape index (κ1) is 12.6. The number of hydrogen-bond acceptors (Lipinski definition) is 4. The van der Waals surface area contributed by atoms with Gasteiger partial charge in [-0.25, -0.2) is 4.39 Å². The van der Waals surface area contributed by atoms with Gasteiger partial charge in [-0.2, -0.15) is 5.10 Å². The van der Waals surface area contributed by atoms with E-state index in [0.29, 0.717) is 12.4 Å². The van der Waals surface area contributed by atoms with Crippen molar-refractivity contribution >= 4 is 17.3 Å². The van der Waals surface area contributed by atoms with E-state index in [1.54, 1.807) is 18.2 Å². The highest BCUT2D eigenvalue weighted by Crippen LogP contribution is 2.19. The molecule has 0 atom stereocenters. The van der Waals surface area contributed by atoms with Crippen LogP contribution in [0.25, 0.3) is 0 Å². The van der Waals surface area contributed by atoms with Gasteiger partial charge in [-0.05, 0) is 24.3 Å². The Morgan fingerprint density at radius 3 is 2.72 bits per heavy atom. The Hall–Kier alpha value is -1.88. The van der Waals surface area contributed by atoms with E-state index in [0.717, 1.165) is 11.4 Å².